The summed E-state index contributed by atoms with van der Waals surface area (Å²) >= 11 is 0. The van der Waals surface area contributed by atoms with Crippen LogP contribution < -0.4 is 10.5 Å². The summed E-state index contributed by atoms with van der Waals surface area (Å²) in [7, 11) is 1.71. The van der Waals surface area contributed by atoms with Crippen molar-refractivity contribution in [2.24, 2.45) is 11.1 Å². The van der Waals surface area contributed by atoms with E-state index in [2.05, 4.69) is 13.0 Å². The smallest absolute Gasteiger partial charge is 0.122 e. The number of hydrogen-bond donors (Lipinski definition) is 1. The molecule has 1 aliphatic rings. The zero-order chi connectivity index (χ0) is 10.9. The van der Waals surface area contributed by atoms with Crippen LogP contribution in [-0.2, 0) is 6.42 Å². The van der Waals surface area contributed by atoms with Gasteiger partial charge in [0.2, 0.25) is 0 Å². The molecule has 0 spiro atoms. The van der Waals surface area contributed by atoms with E-state index in [0.29, 0.717) is 5.41 Å². The van der Waals surface area contributed by atoms with E-state index in [1.54, 1.807) is 7.11 Å². The van der Waals surface area contributed by atoms with E-state index in [1.807, 2.05) is 18.2 Å². The monoisotopic (exact) mass is 205 g/mol. The normalized spacial score (nSPS) is 19.7. The van der Waals surface area contributed by atoms with Gasteiger partial charge in [0, 0.05) is 6.04 Å². The zero-order valence-electron chi connectivity index (χ0n) is 9.49. The molecule has 0 bridgehead atoms. The highest BCUT2D eigenvalue weighted by Crippen LogP contribution is 2.48. The second kappa shape index (κ2) is 3.86. The van der Waals surface area contributed by atoms with E-state index in [9.17, 15) is 0 Å². The van der Waals surface area contributed by atoms with Crippen molar-refractivity contribution in [3.05, 3.63) is 29.8 Å². The van der Waals surface area contributed by atoms with Crippen LogP contribution in [0.25, 0.3) is 0 Å². The number of rotatable bonds is 4. The molecule has 0 aromatic heterocycles. The van der Waals surface area contributed by atoms with Crippen LogP contribution in [0.1, 0.15) is 25.3 Å². The van der Waals surface area contributed by atoms with Gasteiger partial charge in [-0.1, -0.05) is 25.1 Å². The molecule has 2 rings (SSSR count). The van der Waals surface area contributed by atoms with Gasteiger partial charge >= 0.3 is 0 Å². The average molecular weight is 205 g/mol. The maximum absolute atomic E-state index is 6.21. The van der Waals surface area contributed by atoms with Gasteiger partial charge in [0.1, 0.15) is 5.75 Å². The molecule has 1 aliphatic carbocycles. The van der Waals surface area contributed by atoms with Crippen molar-refractivity contribution in [1.82, 2.24) is 0 Å². The molecule has 1 atom stereocenters. The van der Waals surface area contributed by atoms with Crippen molar-refractivity contribution in [2.75, 3.05) is 7.11 Å². The summed E-state index contributed by atoms with van der Waals surface area (Å²) in [6.07, 6.45) is 3.45. The Hall–Kier alpha value is -1.02. The van der Waals surface area contributed by atoms with Crippen molar-refractivity contribution in [1.29, 1.82) is 0 Å². The third-order valence-corrected chi connectivity index (χ3v) is 3.57. The van der Waals surface area contributed by atoms with Crippen LogP contribution in [0.4, 0.5) is 0 Å². The Kier molecular flexibility index (Phi) is 2.70. The molecule has 0 saturated heterocycles. The Morgan fingerprint density at radius 1 is 1.40 bits per heavy atom. The van der Waals surface area contributed by atoms with Crippen molar-refractivity contribution in [2.45, 2.75) is 32.2 Å². The Bertz CT molecular complexity index is 344. The molecule has 0 radical (unpaired) electrons. The second-order valence-electron chi connectivity index (χ2n) is 4.78. The van der Waals surface area contributed by atoms with E-state index in [0.717, 1.165) is 12.2 Å². The van der Waals surface area contributed by atoms with Gasteiger partial charge in [0.05, 0.1) is 7.11 Å². The molecule has 1 unspecified atom stereocenters. The lowest BCUT2D eigenvalue weighted by Crippen LogP contribution is -2.31. The molecular formula is C13H19NO. The zero-order valence-corrected chi connectivity index (χ0v) is 9.49. The van der Waals surface area contributed by atoms with Gasteiger partial charge in [0.25, 0.3) is 0 Å². The summed E-state index contributed by atoms with van der Waals surface area (Å²) in [5.41, 5.74) is 7.81. The van der Waals surface area contributed by atoms with Crippen LogP contribution in [-0.4, -0.2) is 13.2 Å². The van der Waals surface area contributed by atoms with Gasteiger partial charge in [-0.3, -0.25) is 0 Å². The lowest BCUT2D eigenvalue weighted by Gasteiger charge is -2.19. The van der Waals surface area contributed by atoms with Crippen molar-refractivity contribution in [3.8, 4) is 5.75 Å². The fourth-order valence-electron chi connectivity index (χ4n) is 1.92. The molecule has 15 heavy (non-hydrogen) atoms. The first-order valence-electron chi connectivity index (χ1n) is 5.53. The molecule has 0 aliphatic heterocycles. The first kappa shape index (κ1) is 10.5. The van der Waals surface area contributed by atoms with Crippen molar-refractivity contribution in [3.63, 3.8) is 0 Å². The molecule has 1 saturated carbocycles. The molecule has 2 heteroatoms. The van der Waals surface area contributed by atoms with E-state index < -0.39 is 0 Å². The highest BCUT2D eigenvalue weighted by Gasteiger charge is 2.42. The number of hydrogen-bond acceptors (Lipinski definition) is 2. The predicted molar refractivity (Wildman–Crippen MR) is 62.0 cm³/mol. The number of methoxy groups -OCH3 is 1. The minimum absolute atomic E-state index is 0.258. The topological polar surface area (TPSA) is 35.2 Å². The molecule has 2 nitrogen and oxygen atoms in total. The molecular weight excluding hydrogens is 186 g/mol. The number of ether oxygens (including phenoxy) is 1. The van der Waals surface area contributed by atoms with Gasteiger partial charge in [-0.05, 0) is 36.3 Å². The Labute approximate surface area is 91.4 Å². The predicted octanol–water partition coefficient (Wildman–Crippen LogP) is 2.37. The molecule has 1 aromatic carbocycles. The Morgan fingerprint density at radius 3 is 2.67 bits per heavy atom. The summed E-state index contributed by atoms with van der Waals surface area (Å²) in [5, 5.41) is 0. The number of para-hydroxylation sites is 1. The van der Waals surface area contributed by atoms with E-state index >= 15 is 0 Å². The van der Waals surface area contributed by atoms with E-state index in [4.69, 9.17) is 10.5 Å². The first-order chi connectivity index (χ1) is 7.15. The van der Waals surface area contributed by atoms with Gasteiger partial charge in [-0.25, -0.2) is 0 Å². The van der Waals surface area contributed by atoms with Gasteiger partial charge < -0.3 is 10.5 Å². The lowest BCUT2D eigenvalue weighted by molar-refractivity contribution is 0.394. The fourth-order valence-corrected chi connectivity index (χ4v) is 1.92. The maximum atomic E-state index is 6.21. The van der Waals surface area contributed by atoms with Crippen LogP contribution in [0.3, 0.4) is 0 Å². The third-order valence-electron chi connectivity index (χ3n) is 3.57. The quantitative estimate of drug-likeness (QED) is 0.819. The third kappa shape index (κ3) is 2.15. The minimum Gasteiger partial charge on any atom is -0.496 e. The first-order valence-corrected chi connectivity index (χ1v) is 5.53. The average Bonchev–Trinajstić information content (AvgIpc) is 2.99. The minimum atomic E-state index is 0.258. The molecule has 1 fully saturated rings. The number of benzene rings is 1. The SMILES string of the molecule is COc1ccccc1CC(N)C1(C)CC1. The van der Waals surface area contributed by atoms with Crippen LogP contribution in [0.2, 0.25) is 0 Å². The van der Waals surface area contributed by atoms with Crippen LogP contribution in [0.15, 0.2) is 24.3 Å². The van der Waals surface area contributed by atoms with Gasteiger partial charge in [-0.15, -0.1) is 0 Å². The largest absolute Gasteiger partial charge is 0.496 e. The van der Waals surface area contributed by atoms with Crippen LogP contribution in [0, 0.1) is 5.41 Å². The Morgan fingerprint density at radius 2 is 2.07 bits per heavy atom. The molecule has 2 N–H and O–H groups in total. The molecule has 1 aromatic rings. The standard InChI is InChI=1S/C13H19NO/c1-13(7-8-13)12(14)9-10-5-3-4-6-11(10)15-2/h3-6,12H,7-9,14H2,1-2H3. The van der Waals surface area contributed by atoms with Crippen LogP contribution >= 0.6 is 0 Å². The van der Waals surface area contributed by atoms with Gasteiger partial charge in [0.15, 0.2) is 0 Å². The summed E-state index contributed by atoms with van der Waals surface area (Å²) in [6, 6.07) is 8.39. The molecule has 0 heterocycles. The second-order valence-corrected chi connectivity index (χ2v) is 4.78. The summed E-state index contributed by atoms with van der Waals surface area (Å²) in [4.78, 5) is 0. The summed E-state index contributed by atoms with van der Waals surface area (Å²) in [6.45, 7) is 2.27. The summed E-state index contributed by atoms with van der Waals surface area (Å²) < 4.78 is 5.32. The highest BCUT2D eigenvalue weighted by atomic mass is 16.5. The van der Waals surface area contributed by atoms with Gasteiger partial charge in [-0.2, -0.15) is 0 Å². The molecule has 82 valence electrons. The fraction of sp³-hybridized carbons (Fsp3) is 0.538. The molecule has 0 amide bonds. The maximum Gasteiger partial charge on any atom is 0.122 e. The van der Waals surface area contributed by atoms with Crippen molar-refractivity contribution >= 4 is 0 Å². The Balaban J connectivity index is 2.09. The van der Waals surface area contributed by atoms with Crippen molar-refractivity contribution < 1.29 is 4.74 Å². The van der Waals surface area contributed by atoms with E-state index in [-0.39, 0.29) is 6.04 Å². The highest BCUT2D eigenvalue weighted by molar-refractivity contribution is 5.34. The van der Waals surface area contributed by atoms with E-state index in [1.165, 1.54) is 18.4 Å². The summed E-state index contributed by atoms with van der Waals surface area (Å²) in [5.74, 6) is 0.956. The lowest BCUT2D eigenvalue weighted by atomic mass is 9.93. The van der Waals surface area contributed by atoms with Crippen LogP contribution in [0.5, 0.6) is 5.75 Å². The number of nitrogens with two attached hydrogens (primary N) is 1.